The molecule has 0 unspecified atom stereocenters. The molecule has 110 valence electrons. The molecule has 21 heavy (non-hydrogen) atoms. The topological polar surface area (TPSA) is 55.0 Å². The SMILES string of the molecule is CCN(c1ccc(C)cc1)c1nc(C2CC2)nc(N)c1C. The minimum atomic E-state index is 0.503. The number of anilines is 3. The Bertz CT molecular complexity index is 645. The second-order valence-corrected chi connectivity index (χ2v) is 5.77. The van der Waals surface area contributed by atoms with Crippen molar-refractivity contribution >= 4 is 17.3 Å². The van der Waals surface area contributed by atoms with Gasteiger partial charge in [-0.15, -0.1) is 0 Å². The van der Waals surface area contributed by atoms with Crippen molar-refractivity contribution in [3.8, 4) is 0 Å². The highest BCUT2D eigenvalue weighted by atomic mass is 15.2. The Morgan fingerprint density at radius 1 is 1.14 bits per heavy atom. The first kappa shape index (κ1) is 13.9. The zero-order valence-electron chi connectivity index (χ0n) is 12.9. The third-order valence-electron chi connectivity index (χ3n) is 4.04. The highest BCUT2D eigenvalue weighted by molar-refractivity contribution is 5.66. The van der Waals surface area contributed by atoms with Crippen molar-refractivity contribution in [1.82, 2.24) is 9.97 Å². The van der Waals surface area contributed by atoms with Gasteiger partial charge >= 0.3 is 0 Å². The van der Waals surface area contributed by atoms with Gasteiger partial charge in [0, 0.05) is 23.7 Å². The van der Waals surface area contributed by atoms with Crippen LogP contribution in [0.1, 0.15) is 42.6 Å². The van der Waals surface area contributed by atoms with E-state index in [2.05, 4.69) is 48.0 Å². The van der Waals surface area contributed by atoms with Gasteiger partial charge in [0.2, 0.25) is 0 Å². The first-order valence-corrected chi connectivity index (χ1v) is 7.58. The molecule has 1 aliphatic rings. The summed E-state index contributed by atoms with van der Waals surface area (Å²) in [6.45, 7) is 7.08. The van der Waals surface area contributed by atoms with Crippen molar-refractivity contribution in [2.45, 2.75) is 39.5 Å². The first-order chi connectivity index (χ1) is 10.1. The average molecular weight is 282 g/mol. The van der Waals surface area contributed by atoms with Crippen molar-refractivity contribution in [2.24, 2.45) is 0 Å². The molecule has 4 nitrogen and oxygen atoms in total. The molecule has 1 heterocycles. The molecule has 2 N–H and O–H groups in total. The summed E-state index contributed by atoms with van der Waals surface area (Å²) in [7, 11) is 0. The van der Waals surface area contributed by atoms with Crippen LogP contribution < -0.4 is 10.6 Å². The van der Waals surface area contributed by atoms with E-state index in [0.29, 0.717) is 11.7 Å². The smallest absolute Gasteiger partial charge is 0.141 e. The van der Waals surface area contributed by atoms with Crippen LogP contribution in [0.3, 0.4) is 0 Å². The van der Waals surface area contributed by atoms with Gasteiger partial charge < -0.3 is 10.6 Å². The lowest BCUT2D eigenvalue weighted by Gasteiger charge is -2.25. The third kappa shape index (κ3) is 2.71. The molecule has 0 bridgehead atoms. The minimum Gasteiger partial charge on any atom is -0.383 e. The largest absolute Gasteiger partial charge is 0.383 e. The van der Waals surface area contributed by atoms with Crippen LogP contribution in [0.2, 0.25) is 0 Å². The van der Waals surface area contributed by atoms with Crippen molar-refractivity contribution < 1.29 is 0 Å². The predicted octanol–water partition coefficient (Wildman–Crippen LogP) is 3.71. The van der Waals surface area contributed by atoms with Crippen LogP contribution in [0.5, 0.6) is 0 Å². The van der Waals surface area contributed by atoms with Crippen molar-refractivity contribution in [2.75, 3.05) is 17.2 Å². The average Bonchev–Trinajstić information content (AvgIpc) is 3.30. The van der Waals surface area contributed by atoms with Gasteiger partial charge in [0.15, 0.2) is 0 Å². The van der Waals surface area contributed by atoms with Crippen molar-refractivity contribution in [3.63, 3.8) is 0 Å². The Labute approximate surface area is 126 Å². The predicted molar refractivity (Wildman–Crippen MR) is 87.0 cm³/mol. The summed E-state index contributed by atoms with van der Waals surface area (Å²) in [6.07, 6.45) is 2.36. The number of benzene rings is 1. The van der Waals surface area contributed by atoms with Crippen LogP contribution in [0.25, 0.3) is 0 Å². The van der Waals surface area contributed by atoms with E-state index in [1.54, 1.807) is 0 Å². The standard InChI is InChI=1S/C17H22N4/c1-4-21(14-9-5-11(2)6-10-14)17-12(3)15(18)19-16(20-17)13-7-8-13/h5-6,9-10,13H,4,7-8H2,1-3H3,(H2,18,19,20). The molecule has 0 radical (unpaired) electrons. The van der Waals surface area contributed by atoms with Gasteiger partial charge in [-0.3, -0.25) is 0 Å². The van der Waals surface area contributed by atoms with Gasteiger partial charge in [-0.25, -0.2) is 9.97 Å². The summed E-state index contributed by atoms with van der Waals surface area (Å²) >= 11 is 0. The van der Waals surface area contributed by atoms with Crippen molar-refractivity contribution in [3.05, 3.63) is 41.2 Å². The molecule has 1 aliphatic carbocycles. The van der Waals surface area contributed by atoms with Gasteiger partial charge in [-0.1, -0.05) is 17.7 Å². The Morgan fingerprint density at radius 3 is 2.38 bits per heavy atom. The molecule has 0 saturated heterocycles. The fraction of sp³-hybridized carbons (Fsp3) is 0.412. The van der Waals surface area contributed by atoms with E-state index in [1.807, 2.05) is 6.92 Å². The maximum Gasteiger partial charge on any atom is 0.141 e. The maximum atomic E-state index is 6.10. The number of nitrogens with two attached hydrogens (primary N) is 1. The van der Waals surface area contributed by atoms with Crippen LogP contribution in [-0.4, -0.2) is 16.5 Å². The van der Waals surface area contributed by atoms with E-state index < -0.39 is 0 Å². The second-order valence-electron chi connectivity index (χ2n) is 5.77. The number of nitrogens with zero attached hydrogens (tertiary/aromatic N) is 3. The highest BCUT2D eigenvalue weighted by Gasteiger charge is 2.28. The fourth-order valence-electron chi connectivity index (χ4n) is 2.51. The lowest BCUT2D eigenvalue weighted by Crippen LogP contribution is -2.20. The lowest BCUT2D eigenvalue weighted by molar-refractivity contribution is 0.888. The summed E-state index contributed by atoms with van der Waals surface area (Å²) in [5.41, 5.74) is 9.47. The molecule has 1 aromatic heterocycles. The summed E-state index contributed by atoms with van der Waals surface area (Å²) in [5, 5.41) is 0. The van der Waals surface area contributed by atoms with Gasteiger partial charge in [0.05, 0.1) is 0 Å². The van der Waals surface area contributed by atoms with Crippen LogP contribution >= 0.6 is 0 Å². The summed E-state index contributed by atoms with van der Waals surface area (Å²) in [6, 6.07) is 8.51. The molecular formula is C17H22N4. The minimum absolute atomic E-state index is 0.503. The molecule has 1 saturated carbocycles. The summed E-state index contributed by atoms with van der Waals surface area (Å²) in [4.78, 5) is 11.5. The Balaban J connectivity index is 2.05. The molecule has 0 amide bonds. The van der Waals surface area contributed by atoms with Crippen molar-refractivity contribution in [1.29, 1.82) is 0 Å². The quantitative estimate of drug-likeness (QED) is 0.928. The third-order valence-corrected chi connectivity index (χ3v) is 4.04. The number of hydrogen-bond acceptors (Lipinski definition) is 4. The van der Waals surface area contributed by atoms with E-state index in [1.165, 1.54) is 18.4 Å². The Kier molecular flexibility index (Phi) is 3.53. The fourth-order valence-corrected chi connectivity index (χ4v) is 2.51. The van der Waals surface area contributed by atoms with E-state index >= 15 is 0 Å². The Morgan fingerprint density at radius 2 is 1.81 bits per heavy atom. The van der Waals surface area contributed by atoms with E-state index in [-0.39, 0.29) is 0 Å². The van der Waals surface area contributed by atoms with E-state index in [4.69, 9.17) is 10.7 Å². The van der Waals surface area contributed by atoms with Gasteiger partial charge in [0.25, 0.3) is 0 Å². The molecular weight excluding hydrogens is 260 g/mol. The normalized spacial score (nSPS) is 14.2. The Hall–Kier alpha value is -2.10. The van der Waals surface area contributed by atoms with Crippen LogP contribution in [0.4, 0.5) is 17.3 Å². The molecule has 1 aromatic carbocycles. The zero-order chi connectivity index (χ0) is 15.0. The monoisotopic (exact) mass is 282 g/mol. The number of aryl methyl sites for hydroxylation is 1. The van der Waals surface area contributed by atoms with Gasteiger partial charge in [-0.2, -0.15) is 0 Å². The number of nitrogen functional groups attached to an aromatic ring is 1. The molecule has 2 aromatic rings. The van der Waals surface area contributed by atoms with Crippen LogP contribution in [-0.2, 0) is 0 Å². The van der Waals surface area contributed by atoms with Gasteiger partial charge in [-0.05, 0) is 45.7 Å². The zero-order valence-corrected chi connectivity index (χ0v) is 12.9. The molecule has 1 fully saturated rings. The van der Waals surface area contributed by atoms with E-state index in [9.17, 15) is 0 Å². The lowest BCUT2D eigenvalue weighted by atomic mass is 10.2. The number of aromatic nitrogens is 2. The molecule has 3 rings (SSSR count). The molecule has 0 atom stereocenters. The van der Waals surface area contributed by atoms with Gasteiger partial charge in [0.1, 0.15) is 17.5 Å². The molecule has 0 spiro atoms. The first-order valence-electron chi connectivity index (χ1n) is 7.58. The van der Waals surface area contributed by atoms with Crippen LogP contribution in [0, 0.1) is 13.8 Å². The number of rotatable bonds is 4. The summed E-state index contributed by atoms with van der Waals surface area (Å²) < 4.78 is 0. The summed E-state index contributed by atoms with van der Waals surface area (Å²) in [5.74, 6) is 2.95. The van der Waals surface area contributed by atoms with E-state index in [0.717, 1.165) is 29.4 Å². The number of hydrogen-bond donors (Lipinski definition) is 1. The maximum absolute atomic E-state index is 6.10. The second kappa shape index (κ2) is 5.35. The highest BCUT2D eigenvalue weighted by Crippen LogP contribution is 2.40. The van der Waals surface area contributed by atoms with Crippen LogP contribution in [0.15, 0.2) is 24.3 Å². The molecule has 0 aliphatic heterocycles. The molecule has 4 heteroatoms.